The van der Waals surface area contributed by atoms with Crippen LogP contribution in [-0.4, -0.2) is 56.8 Å². The summed E-state index contributed by atoms with van der Waals surface area (Å²) in [5.74, 6) is 0.652. The van der Waals surface area contributed by atoms with Crippen LogP contribution in [0.15, 0.2) is 35.5 Å². The molecule has 2 aromatic rings. The highest BCUT2D eigenvalue weighted by atomic mass is 16.5. The summed E-state index contributed by atoms with van der Waals surface area (Å²) in [6.07, 6.45) is 14.8. The first-order valence-electron chi connectivity index (χ1n) is 13.0. The summed E-state index contributed by atoms with van der Waals surface area (Å²) < 4.78 is 9.57. The smallest absolute Gasteiger partial charge is 0.333 e. The van der Waals surface area contributed by atoms with E-state index in [4.69, 9.17) is 4.74 Å². The molecule has 2 heterocycles. The van der Waals surface area contributed by atoms with Gasteiger partial charge in [0.15, 0.2) is 0 Å². The lowest BCUT2D eigenvalue weighted by atomic mass is 9.90. The van der Waals surface area contributed by atoms with E-state index in [9.17, 15) is 4.79 Å². The predicted molar refractivity (Wildman–Crippen MR) is 132 cm³/mol. The Balaban J connectivity index is 1.31. The fourth-order valence-corrected chi connectivity index (χ4v) is 5.47. The first-order valence-corrected chi connectivity index (χ1v) is 13.0. The van der Waals surface area contributed by atoms with Crippen molar-refractivity contribution in [2.45, 2.75) is 96.4 Å². The molecule has 2 saturated carbocycles. The molecule has 2 fully saturated rings. The van der Waals surface area contributed by atoms with Crippen molar-refractivity contribution in [3.05, 3.63) is 41.2 Å². The molecular formula is C26H41N5O2. The minimum Gasteiger partial charge on any atom is -0.474 e. The average Bonchev–Trinajstić information content (AvgIpc) is 3.48. The molecule has 4 rings (SSSR count). The molecule has 2 aliphatic rings. The van der Waals surface area contributed by atoms with Crippen molar-refractivity contribution in [3.63, 3.8) is 0 Å². The maximum absolute atomic E-state index is 13.1. The monoisotopic (exact) mass is 455 g/mol. The van der Waals surface area contributed by atoms with E-state index in [-0.39, 0.29) is 17.8 Å². The summed E-state index contributed by atoms with van der Waals surface area (Å²) in [6.45, 7) is 10.0. The van der Waals surface area contributed by atoms with Crippen LogP contribution in [0.1, 0.15) is 78.2 Å². The lowest BCUT2D eigenvalue weighted by Crippen LogP contribution is -2.45. The van der Waals surface area contributed by atoms with E-state index in [1.165, 1.54) is 12.8 Å². The topological polar surface area (TPSA) is 64.3 Å². The Kier molecular flexibility index (Phi) is 8.25. The summed E-state index contributed by atoms with van der Waals surface area (Å²) in [7, 11) is 0. The van der Waals surface area contributed by atoms with E-state index in [2.05, 4.69) is 36.0 Å². The van der Waals surface area contributed by atoms with E-state index in [0.717, 1.165) is 63.8 Å². The van der Waals surface area contributed by atoms with Crippen molar-refractivity contribution in [1.82, 2.24) is 24.3 Å². The standard InChI is InChI=1S/C26H41N5O2/c1-4-29(5-2)19-20(3)28-21-10-12-22(13-11-21)30-16-17-31(26(30)32)23-14-15-25(27-18-23)33-24-8-6-7-9-24/h14-18,20-22,24,28H,4-13,19H2,1-3H3. The molecule has 1 atom stereocenters. The van der Waals surface area contributed by atoms with Gasteiger partial charge in [0.05, 0.1) is 11.9 Å². The molecule has 1 unspecified atom stereocenters. The molecule has 0 aliphatic heterocycles. The van der Waals surface area contributed by atoms with E-state index in [0.29, 0.717) is 18.0 Å². The Bertz CT molecular complexity index is 904. The van der Waals surface area contributed by atoms with Gasteiger partial charge in [0.1, 0.15) is 6.10 Å². The number of rotatable bonds is 10. The number of nitrogens with one attached hydrogen (secondary N) is 1. The van der Waals surface area contributed by atoms with Crippen LogP contribution in [-0.2, 0) is 0 Å². The summed E-state index contributed by atoms with van der Waals surface area (Å²) in [5, 5.41) is 3.81. The van der Waals surface area contributed by atoms with E-state index in [1.54, 1.807) is 10.8 Å². The van der Waals surface area contributed by atoms with Crippen molar-refractivity contribution in [3.8, 4) is 11.6 Å². The molecule has 0 amide bonds. The largest absolute Gasteiger partial charge is 0.474 e. The van der Waals surface area contributed by atoms with Crippen LogP contribution in [0.25, 0.3) is 5.69 Å². The second-order valence-corrected chi connectivity index (χ2v) is 9.80. The lowest BCUT2D eigenvalue weighted by molar-refractivity contribution is 0.201. The van der Waals surface area contributed by atoms with Gasteiger partial charge in [-0.25, -0.2) is 9.78 Å². The molecule has 0 bridgehead atoms. The summed E-state index contributed by atoms with van der Waals surface area (Å²) in [6, 6.07) is 5.12. The Morgan fingerprint density at radius 2 is 1.82 bits per heavy atom. The van der Waals surface area contributed by atoms with Gasteiger partial charge in [-0.05, 0) is 77.4 Å². The Hall–Kier alpha value is -2.12. The highest BCUT2D eigenvalue weighted by Crippen LogP contribution is 2.28. The zero-order valence-electron chi connectivity index (χ0n) is 20.6. The van der Waals surface area contributed by atoms with Gasteiger partial charge in [-0.3, -0.25) is 9.13 Å². The number of aromatic nitrogens is 3. The number of ether oxygens (including phenoxy) is 1. The molecule has 1 N–H and O–H groups in total. The van der Waals surface area contributed by atoms with Crippen molar-refractivity contribution in [1.29, 1.82) is 0 Å². The fraction of sp³-hybridized carbons (Fsp3) is 0.692. The summed E-state index contributed by atoms with van der Waals surface area (Å²) in [4.78, 5) is 20.0. The second kappa shape index (κ2) is 11.3. The zero-order chi connectivity index (χ0) is 23.2. The molecule has 7 nitrogen and oxygen atoms in total. The molecule has 0 aromatic carbocycles. The van der Waals surface area contributed by atoms with Gasteiger partial charge in [0, 0.05) is 43.1 Å². The Morgan fingerprint density at radius 3 is 2.45 bits per heavy atom. The van der Waals surface area contributed by atoms with Crippen LogP contribution >= 0.6 is 0 Å². The molecule has 7 heteroatoms. The maximum Gasteiger partial charge on any atom is 0.333 e. The fourth-order valence-electron chi connectivity index (χ4n) is 5.47. The summed E-state index contributed by atoms with van der Waals surface area (Å²) >= 11 is 0. The first kappa shape index (κ1) is 24.0. The van der Waals surface area contributed by atoms with E-state index in [1.807, 2.05) is 29.1 Å². The van der Waals surface area contributed by atoms with Crippen molar-refractivity contribution in [2.24, 2.45) is 0 Å². The quantitative estimate of drug-likeness (QED) is 0.583. The molecule has 2 aliphatic carbocycles. The molecule has 182 valence electrons. The minimum absolute atomic E-state index is 0.0209. The molecule has 0 spiro atoms. The van der Waals surface area contributed by atoms with Crippen molar-refractivity contribution < 1.29 is 4.74 Å². The van der Waals surface area contributed by atoms with E-state index >= 15 is 0 Å². The van der Waals surface area contributed by atoms with Crippen LogP contribution in [0, 0.1) is 0 Å². The maximum atomic E-state index is 13.1. The van der Waals surface area contributed by atoms with Gasteiger partial charge in [-0.15, -0.1) is 0 Å². The zero-order valence-corrected chi connectivity index (χ0v) is 20.6. The molecule has 0 saturated heterocycles. The lowest BCUT2D eigenvalue weighted by Gasteiger charge is -2.33. The Labute approximate surface area is 198 Å². The van der Waals surface area contributed by atoms with Gasteiger partial charge in [-0.2, -0.15) is 0 Å². The van der Waals surface area contributed by atoms with Gasteiger partial charge < -0.3 is 15.0 Å². The molecule has 2 aromatic heterocycles. The van der Waals surface area contributed by atoms with Crippen LogP contribution < -0.4 is 15.7 Å². The van der Waals surface area contributed by atoms with Crippen LogP contribution in [0.4, 0.5) is 0 Å². The Morgan fingerprint density at radius 1 is 1.09 bits per heavy atom. The van der Waals surface area contributed by atoms with Gasteiger partial charge >= 0.3 is 5.69 Å². The summed E-state index contributed by atoms with van der Waals surface area (Å²) in [5.41, 5.74) is 0.811. The van der Waals surface area contributed by atoms with E-state index < -0.39 is 0 Å². The third-order valence-electron chi connectivity index (χ3n) is 7.43. The molecular weight excluding hydrogens is 414 g/mol. The predicted octanol–water partition coefficient (Wildman–Crippen LogP) is 4.16. The van der Waals surface area contributed by atoms with Crippen molar-refractivity contribution in [2.75, 3.05) is 19.6 Å². The second-order valence-electron chi connectivity index (χ2n) is 9.80. The van der Waals surface area contributed by atoms with Gasteiger partial charge in [-0.1, -0.05) is 13.8 Å². The number of hydrogen-bond donors (Lipinski definition) is 1. The average molecular weight is 456 g/mol. The molecule has 0 radical (unpaired) electrons. The SMILES string of the molecule is CCN(CC)CC(C)NC1CCC(n2ccn(-c3ccc(OC4CCCC4)nc3)c2=O)CC1. The van der Waals surface area contributed by atoms with Crippen LogP contribution in [0.2, 0.25) is 0 Å². The number of hydrogen-bond acceptors (Lipinski definition) is 5. The normalized spacial score (nSPS) is 22.7. The number of likely N-dealkylation sites (N-methyl/N-ethyl adjacent to an activating group) is 1. The number of pyridine rings is 1. The van der Waals surface area contributed by atoms with Gasteiger partial charge in [0.25, 0.3) is 0 Å². The van der Waals surface area contributed by atoms with Gasteiger partial charge in [0.2, 0.25) is 5.88 Å². The third-order valence-corrected chi connectivity index (χ3v) is 7.43. The van der Waals surface area contributed by atoms with Crippen LogP contribution in [0.3, 0.4) is 0 Å². The third kappa shape index (κ3) is 6.07. The van der Waals surface area contributed by atoms with Crippen LogP contribution in [0.5, 0.6) is 5.88 Å². The number of nitrogens with zero attached hydrogens (tertiary/aromatic N) is 4. The first-order chi connectivity index (χ1) is 16.1. The number of imidazole rings is 1. The molecule has 33 heavy (non-hydrogen) atoms. The van der Waals surface area contributed by atoms with Crippen molar-refractivity contribution >= 4 is 0 Å². The highest BCUT2D eigenvalue weighted by molar-refractivity contribution is 5.31. The minimum atomic E-state index is 0.0209. The highest BCUT2D eigenvalue weighted by Gasteiger charge is 2.25.